The van der Waals surface area contributed by atoms with Gasteiger partial charge in [0.15, 0.2) is 0 Å². The minimum atomic E-state index is -5.93. The SMILES string of the molecule is C=C(C(=O)OC1CC2CC1CC2CC(O)(C(F)(F)F)C(F)(F)F)C(F)(F)F. The smallest absolute Gasteiger partial charge is 0.426 e. The van der Waals surface area contributed by atoms with Crippen molar-refractivity contribution >= 4 is 5.97 Å². The highest BCUT2D eigenvalue weighted by atomic mass is 19.4. The highest BCUT2D eigenvalue weighted by Crippen LogP contribution is 2.56. The van der Waals surface area contributed by atoms with E-state index in [9.17, 15) is 49.4 Å². The molecule has 0 amide bonds. The van der Waals surface area contributed by atoms with Crippen molar-refractivity contribution in [2.75, 3.05) is 0 Å². The molecule has 156 valence electrons. The molecular formula is C15H15F9O3. The van der Waals surface area contributed by atoms with E-state index < -0.39 is 66.0 Å². The van der Waals surface area contributed by atoms with E-state index in [1.807, 2.05) is 0 Å². The minimum Gasteiger partial charge on any atom is -0.458 e. The number of rotatable bonds is 4. The van der Waals surface area contributed by atoms with Gasteiger partial charge < -0.3 is 9.84 Å². The lowest BCUT2D eigenvalue weighted by molar-refractivity contribution is -0.373. The molecule has 0 aromatic heterocycles. The molecule has 0 saturated heterocycles. The van der Waals surface area contributed by atoms with Crippen LogP contribution in [0.15, 0.2) is 12.2 Å². The highest BCUT2D eigenvalue weighted by Gasteiger charge is 2.71. The van der Waals surface area contributed by atoms with E-state index in [0.717, 1.165) is 0 Å². The van der Waals surface area contributed by atoms with E-state index in [1.165, 1.54) is 0 Å². The van der Waals surface area contributed by atoms with Gasteiger partial charge in [0, 0.05) is 0 Å². The Bertz CT molecular complexity index is 591. The summed E-state index contributed by atoms with van der Waals surface area (Å²) in [5, 5.41) is 9.27. The van der Waals surface area contributed by atoms with Gasteiger partial charge in [-0.1, -0.05) is 6.58 Å². The molecule has 1 N–H and O–H groups in total. The summed E-state index contributed by atoms with van der Waals surface area (Å²) in [5.41, 5.74) is -6.61. The topological polar surface area (TPSA) is 46.5 Å². The molecule has 27 heavy (non-hydrogen) atoms. The number of fused-ring (bicyclic) bond motifs is 2. The molecule has 2 aliphatic carbocycles. The lowest BCUT2D eigenvalue weighted by Gasteiger charge is -2.37. The van der Waals surface area contributed by atoms with Crippen molar-refractivity contribution in [2.24, 2.45) is 17.8 Å². The fourth-order valence-electron chi connectivity index (χ4n) is 3.83. The van der Waals surface area contributed by atoms with E-state index in [2.05, 4.69) is 11.3 Å². The van der Waals surface area contributed by atoms with Gasteiger partial charge in [0.2, 0.25) is 0 Å². The number of ether oxygens (including phenoxy) is 1. The summed E-state index contributed by atoms with van der Waals surface area (Å²) >= 11 is 0. The zero-order valence-corrected chi connectivity index (χ0v) is 13.5. The number of alkyl halides is 9. The molecule has 4 unspecified atom stereocenters. The van der Waals surface area contributed by atoms with Crippen LogP contribution in [-0.2, 0) is 9.53 Å². The molecule has 2 rings (SSSR count). The second-order valence-corrected chi connectivity index (χ2v) is 6.97. The van der Waals surface area contributed by atoms with Gasteiger partial charge in [0.05, 0.1) is 0 Å². The number of aliphatic hydroxyl groups is 1. The first-order valence-corrected chi connectivity index (χ1v) is 7.80. The Labute approximate surface area is 147 Å². The molecule has 0 aromatic carbocycles. The molecule has 12 heteroatoms. The van der Waals surface area contributed by atoms with Crippen LogP contribution in [-0.4, -0.2) is 41.3 Å². The Morgan fingerprint density at radius 3 is 1.81 bits per heavy atom. The normalized spacial score (nSPS) is 29.1. The van der Waals surface area contributed by atoms with E-state index in [1.54, 1.807) is 0 Å². The van der Waals surface area contributed by atoms with Gasteiger partial charge in [-0.3, -0.25) is 0 Å². The van der Waals surface area contributed by atoms with Crippen LogP contribution >= 0.6 is 0 Å². The van der Waals surface area contributed by atoms with Crippen LogP contribution in [0.4, 0.5) is 39.5 Å². The number of carbonyl (C=O) groups is 1. The first kappa shape index (κ1) is 21.8. The van der Waals surface area contributed by atoms with E-state index in [-0.39, 0.29) is 19.3 Å². The third kappa shape index (κ3) is 4.04. The van der Waals surface area contributed by atoms with Crippen molar-refractivity contribution in [2.45, 2.75) is 55.9 Å². The van der Waals surface area contributed by atoms with E-state index in [4.69, 9.17) is 0 Å². The molecule has 0 radical (unpaired) electrons. The fourth-order valence-corrected chi connectivity index (χ4v) is 3.83. The summed E-state index contributed by atoms with van der Waals surface area (Å²) in [7, 11) is 0. The van der Waals surface area contributed by atoms with Crippen LogP contribution in [0.25, 0.3) is 0 Å². The molecule has 2 fully saturated rings. The summed E-state index contributed by atoms with van der Waals surface area (Å²) in [5.74, 6) is -4.28. The van der Waals surface area contributed by atoms with Crippen molar-refractivity contribution in [1.82, 2.24) is 0 Å². The molecule has 0 spiro atoms. The number of halogens is 9. The molecule has 2 aliphatic rings. The second-order valence-electron chi connectivity index (χ2n) is 6.97. The third-order valence-corrected chi connectivity index (χ3v) is 5.28. The van der Waals surface area contributed by atoms with Crippen molar-refractivity contribution < 1.29 is 54.2 Å². The van der Waals surface area contributed by atoms with Crippen LogP contribution in [0.3, 0.4) is 0 Å². The van der Waals surface area contributed by atoms with Crippen LogP contribution in [0, 0.1) is 17.8 Å². The maximum atomic E-state index is 12.8. The van der Waals surface area contributed by atoms with Crippen molar-refractivity contribution in [1.29, 1.82) is 0 Å². The predicted octanol–water partition coefficient (Wildman–Crippen LogP) is 4.31. The maximum Gasteiger partial charge on any atom is 0.426 e. The summed E-state index contributed by atoms with van der Waals surface area (Å²) in [6, 6.07) is 0. The number of carbonyl (C=O) groups excluding carboxylic acids is 1. The summed E-state index contributed by atoms with van der Waals surface area (Å²) in [6.07, 6.45) is -19.8. The first-order valence-electron chi connectivity index (χ1n) is 7.80. The van der Waals surface area contributed by atoms with Crippen LogP contribution in [0.5, 0.6) is 0 Å². The molecule has 0 aromatic rings. The lowest BCUT2D eigenvalue weighted by atomic mass is 9.79. The van der Waals surface area contributed by atoms with Gasteiger partial charge in [-0.15, -0.1) is 0 Å². The Balaban J connectivity index is 2.03. The van der Waals surface area contributed by atoms with Crippen LogP contribution in [0.2, 0.25) is 0 Å². The molecule has 3 nitrogen and oxygen atoms in total. The average molecular weight is 414 g/mol. The van der Waals surface area contributed by atoms with Crippen LogP contribution in [0.1, 0.15) is 25.7 Å². The summed E-state index contributed by atoms with van der Waals surface area (Å²) in [6.45, 7) is 2.56. The minimum absolute atomic E-state index is 0.104. The standard InChI is InChI=1S/C15H15F9O3/c1-6(13(16,17)18)11(25)27-10-4-7-2-8(10)3-9(7)5-12(26,14(19,20)21)15(22,23)24/h7-10,26H,1-5H2. The van der Waals surface area contributed by atoms with Gasteiger partial charge in [0.25, 0.3) is 5.60 Å². The Hall–Kier alpha value is -1.46. The Morgan fingerprint density at radius 2 is 1.44 bits per heavy atom. The molecule has 0 aliphatic heterocycles. The fraction of sp³-hybridized carbons (Fsp3) is 0.800. The second kappa shape index (κ2) is 6.56. The zero-order valence-electron chi connectivity index (χ0n) is 13.5. The number of esters is 1. The Kier molecular flexibility index (Phi) is 5.30. The summed E-state index contributed by atoms with van der Waals surface area (Å²) < 4.78 is 119. The molecule has 2 saturated carbocycles. The monoisotopic (exact) mass is 414 g/mol. The van der Waals surface area contributed by atoms with Crippen molar-refractivity contribution in [3.63, 3.8) is 0 Å². The zero-order chi connectivity index (χ0) is 21.0. The van der Waals surface area contributed by atoms with E-state index >= 15 is 0 Å². The largest absolute Gasteiger partial charge is 0.458 e. The van der Waals surface area contributed by atoms with E-state index in [0.29, 0.717) is 0 Å². The molecule has 2 bridgehead atoms. The third-order valence-electron chi connectivity index (χ3n) is 5.28. The van der Waals surface area contributed by atoms with Gasteiger partial charge in [-0.05, 0) is 43.4 Å². The first-order chi connectivity index (χ1) is 12.0. The van der Waals surface area contributed by atoms with Crippen molar-refractivity contribution in [3.8, 4) is 0 Å². The van der Waals surface area contributed by atoms with Gasteiger partial charge in [-0.25, -0.2) is 4.79 Å². The quantitative estimate of drug-likeness (QED) is 0.424. The van der Waals surface area contributed by atoms with Gasteiger partial charge in [0.1, 0.15) is 11.7 Å². The van der Waals surface area contributed by atoms with Crippen molar-refractivity contribution in [3.05, 3.63) is 12.2 Å². The maximum absolute atomic E-state index is 12.8. The molecule has 4 atom stereocenters. The Morgan fingerprint density at radius 1 is 0.926 bits per heavy atom. The summed E-state index contributed by atoms with van der Waals surface area (Å²) in [4.78, 5) is 11.4. The van der Waals surface area contributed by atoms with Gasteiger partial charge in [-0.2, -0.15) is 39.5 Å². The highest BCUT2D eigenvalue weighted by molar-refractivity contribution is 5.89. The number of hydrogen-bond acceptors (Lipinski definition) is 3. The molecule has 0 heterocycles. The lowest BCUT2D eigenvalue weighted by Crippen LogP contribution is -2.58. The van der Waals surface area contributed by atoms with Gasteiger partial charge >= 0.3 is 24.5 Å². The average Bonchev–Trinajstić information content (AvgIpc) is 3.02. The number of hydrogen-bond donors (Lipinski definition) is 1. The predicted molar refractivity (Wildman–Crippen MR) is 71.1 cm³/mol. The molecular weight excluding hydrogens is 399 g/mol. The van der Waals surface area contributed by atoms with Crippen LogP contribution < -0.4 is 0 Å².